The van der Waals surface area contributed by atoms with Crippen molar-refractivity contribution in [3.63, 3.8) is 0 Å². The van der Waals surface area contributed by atoms with Gasteiger partial charge >= 0.3 is 0 Å². The second-order valence-corrected chi connectivity index (χ2v) is 6.11. The maximum atomic E-state index is 11.2. The number of nitrogens with two attached hydrogens (primary N) is 1. The van der Waals surface area contributed by atoms with Crippen LogP contribution in [0.1, 0.15) is 45.4 Å². The second-order valence-electron chi connectivity index (χ2n) is 6.11. The van der Waals surface area contributed by atoms with E-state index in [1.165, 1.54) is 6.42 Å². The van der Waals surface area contributed by atoms with Crippen LogP contribution in [-0.4, -0.2) is 40.6 Å². The normalized spacial score (nSPS) is 39.2. The number of piperidine rings is 1. The number of rotatable bonds is 3. The van der Waals surface area contributed by atoms with Crippen LogP contribution in [0.25, 0.3) is 0 Å². The number of hydroxylamine groups is 2. The first-order valence-electron chi connectivity index (χ1n) is 7.22. The van der Waals surface area contributed by atoms with Gasteiger partial charge in [0.05, 0.1) is 6.17 Å². The smallest absolute Gasteiger partial charge is 0.0574 e. The minimum atomic E-state index is -0.231. The molecule has 1 aliphatic heterocycles. The van der Waals surface area contributed by atoms with Gasteiger partial charge in [0.2, 0.25) is 0 Å². The molecule has 0 aromatic heterocycles. The highest BCUT2D eigenvalue weighted by molar-refractivity contribution is 4.85. The summed E-state index contributed by atoms with van der Waals surface area (Å²) in [7, 11) is 0. The van der Waals surface area contributed by atoms with Crippen LogP contribution in [0.3, 0.4) is 0 Å². The van der Waals surface area contributed by atoms with Crippen LogP contribution in [0.15, 0.2) is 0 Å². The molecule has 106 valence electrons. The van der Waals surface area contributed by atoms with E-state index in [1.54, 1.807) is 0 Å². The fraction of sp³-hybridized carbons (Fsp3) is 1.00. The molecule has 2 rings (SSSR count). The van der Waals surface area contributed by atoms with Crippen molar-refractivity contribution in [2.24, 2.45) is 17.6 Å². The molecule has 2 fully saturated rings. The number of hydrogen-bond acceptors (Lipinski definition) is 5. The van der Waals surface area contributed by atoms with Crippen LogP contribution in [0.4, 0.5) is 0 Å². The van der Waals surface area contributed by atoms with E-state index in [0.29, 0.717) is 5.92 Å². The molecule has 0 aromatic carbocycles. The second kappa shape index (κ2) is 6.30. The van der Waals surface area contributed by atoms with Crippen LogP contribution < -0.4 is 5.73 Å². The third-order valence-electron chi connectivity index (χ3n) is 4.64. The lowest BCUT2D eigenvalue weighted by Crippen LogP contribution is -2.52. The van der Waals surface area contributed by atoms with Gasteiger partial charge in [-0.3, -0.25) is 10.1 Å². The summed E-state index contributed by atoms with van der Waals surface area (Å²) < 4.78 is 0. The van der Waals surface area contributed by atoms with E-state index in [2.05, 4.69) is 11.8 Å². The standard InChI is InChI=1S/C13H26N3O2/c1-10-6-7-15(13(14)8-10)9-11-4-2-3-5-12(11)16(17)18/h10-13,17H,2-9,14H2,1H3/q-1. The monoisotopic (exact) mass is 256 g/mol. The van der Waals surface area contributed by atoms with Crippen molar-refractivity contribution < 1.29 is 5.21 Å². The maximum absolute atomic E-state index is 11.2. The van der Waals surface area contributed by atoms with Crippen molar-refractivity contribution in [3.8, 4) is 0 Å². The minimum Gasteiger partial charge on any atom is -0.762 e. The van der Waals surface area contributed by atoms with Gasteiger partial charge in [-0.05, 0) is 44.1 Å². The third-order valence-corrected chi connectivity index (χ3v) is 4.64. The Labute approximate surface area is 109 Å². The predicted octanol–water partition coefficient (Wildman–Crippen LogP) is 1.75. The summed E-state index contributed by atoms with van der Waals surface area (Å²) in [5.41, 5.74) is 6.18. The molecule has 0 amide bonds. The third kappa shape index (κ3) is 3.42. The molecular formula is C13H26N3O2-. The van der Waals surface area contributed by atoms with Crippen LogP contribution in [0.2, 0.25) is 0 Å². The van der Waals surface area contributed by atoms with Gasteiger partial charge in [-0.1, -0.05) is 19.8 Å². The molecule has 0 radical (unpaired) electrons. The molecule has 18 heavy (non-hydrogen) atoms. The SMILES string of the molecule is CC1CCN(CC2CCCCC2N([O-])O)C(N)C1. The molecule has 0 aromatic rings. The van der Waals surface area contributed by atoms with E-state index < -0.39 is 0 Å². The van der Waals surface area contributed by atoms with Crippen LogP contribution in [-0.2, 0) is 0 Å². The zero-order valence-corrected chi connectivity index (χ0v) is 11.3. The Balaban J connectivity index is 1.90. The van der Waals surface area contributed by atoms with Gasteiger partial charge in [0.15, 0.2) is 0 Å². The fourth-order valence-corrected chi connectivity index (χ4v) is 3.45. The van der Waals surface area contributed by atoms with Gasteiger partial charge in [0.25, 0.3) is 0 Å². The van der Waals surface area contributed by atoms with Gasteiger partial charge < -0.3 is 16.1 Å². The zero-order chi connectivity index (χ0) is 13.1. The first kappa shape index (κ1) is 14.2. The summed E-state index contributed by atoms with van der Waals surface area (Å²) >= 11 is 0. The summed E-state index contributed by atoms with van der Waals surface area (Å²) in [4.78, 5) is 2.30. The lowest BCUT2D eigenvalue weighted by molar-refractivity contribution is -0.111. The fourth-order valence-electron chi connectivity index (χ4n) is 3.45. The van der Waals surface area contributed by atoms with Crippen molar-refractivity contribution in [2.45, 2.75) is 57.7 Å². The molecule has 5 nitrogen and oxygen atoms in total. The Morgan fingerprint density at radius 3 is 2.72 bits per heavy atom. The Hall–Kier alpha value is -0.200. The van der Waals surface area contributed by atoms with Gasteiger partial charge in [-0.25, -0.2) is 0 Å². The van der Waals surface area contributed by atoms with E-state index in [4.69, 9.17) is 5.73 Å². The maximum Gasteiger partial charge on any atom is 0.0574 e. The molecule has 0 spiro atoms. The Kier molecular flexibility index (Phi) is 4.98. The summed E-state index contributed by atoms with van der Waals surface area (Å²) in [6.07, 6.45) is 6.39. The van der Waals surface area contributed by atoms with E-state index >= 15 is 0 Å². The van der Waals surface area contributed by atoms with Gasteiger partial charge in [-0.2, -0.15) is 0 Å². The molecule has 1 saturated carbocycles. The van der Waals surface area contributed by atoms with Crippen molar-refractivity contribution >= 4 is 0 Å². The van der Waals surface area contributed by atoms with E-state index in [1.807, 2.05) is 0 Å². The topological polar surface area (TPSA) is 75.8 Å². The largest absolute Gasteiger partial charge is 0.762 e. The highest BCUT2D eigenvalue weighted by Crippen LogP contribution is 2.30. The summed E-state index contributed by atoms with van der Waals surface area (Å²) in [6, 6.07) is -0.231. The average molecular weight is 256 g/mol. The average Bonchev–Trinajstić information content (AvgIpc) is 2.33. The van der Waals surface area contributed by atoms with Gasteiger partial charge in [0.1, 0.15) is 0 Å². The van der Waals surface area contributed by atoms with Crippen LogP contribution >= 0.6 is 0 Å². The lowest BCUT2D eigenvalue weighted by Gasteiger charge is -2.44. The molecule has 1 aliphatic carbocycles. The highest BCUT2D eigenvalue weighted by Gasteiger charge is 2.31. The molecule has 5 heteroatoms. The summed E-state index contributed by atoms with van der Waals surface area (Å²) in [5.74, 6) is 0.966. The lowest BCUT2D eigenvalue weighted by atomic mass is 9.83. The molecule has 3 N–H and O–H groups in total. The Bertz CT molecular complexity index is 263. The van der Waals surface area contributed by atoms with E-state index in [-0.39, 0.29) is 23.4 Å². The van der Waals surface area contributed by atoms with Gasteiger partial charge in [0, 0.05) is 12.6 Å². The van der Waals surface area contributed by atoms with Crippen LogP contribution in [0, 0.1) is 17.0 Å². The first-order valence-corrected chi connectivity index (χ1v) is 7.22. The van der Waals surface area contributed by atoms with Crippen molar-refractivity contribution in [1.82, 2.24) is 10.1 Å². The Morgan fingerprint density at radius 1 is 1.33 bits per heavy atom. The number of likely N-dealkylation sites (tertiary alicyclic amines) is 1. The van der Waals surface area contributed by atoms with Crippen molar-refractivity contribution in [3.05, 3.63) is 5.21 Å². The van der Waals surface area contributed by atoms with Crippen LogP contribution in [0.5, 0.6) is 0 Å². The molecule has 1 saturated heterocycles. The van der Waals surface area contributed by atoms with E-state index in [0.717, 1.165) is 45.2 Å². The molecule has 4 unspecified atom stereocenters. The summed E-state index contributed by atoms with van der Waals surface area (Å²) in [6.45, 7) is 4.13. The quantitative estimate of drug-likeness (QED) is 0.752. The molecule has 1 heterocycles. The number of nitrogens with zero attached hydrogens (tertiary/aromatic N) is 2. The molecule has 4 atom stereocenters. The zero-order valence-electron chi connectivity index (χ0n) is 11.3. The number of hydrogen-bond donors (Lipinski definition) is 2. The molecule has 2 aliphatic rings. The predicted molar refractivity (Wildman–Crippen MR) is 70.7 cm³/mol. The summed E-state index contributed by atoms with van der Waals surface area (Å²) in [5, 5.41) is 20.6. The highest BCUT2D eigenvalue weighted by atomic mass is 16.8. The first-order chi connectivity index (χ1) is 8.58. The Morgan fingerprint density at radius 2 is 2.06 bits per heavy atom. The van der Waals surface area contributed by atoms with Gasteiger partial charge in [-0.15, -0.1) is 0 Å². The van der Waals surface area contributed by atoms with Crippen molar-refractivity contribution in [1.29, 1.82) is 0 Å². The minimum absolute atomic E-state index is 0.120. The molecular weight excluding hydrogens is 230 g/mol. The molecule has 0 bridgehead atoms. The van der Waals surface area contributed by atoms with E-state index in [9.17, 15) is 10.4 Å². The van der Waals surface area contributed by atoms with Crippen molar-refractivity contribution in [2.75, 3.05) is 13.1 Å².